The van der Waals surface area contributed by atoms with Crippen LogP contribution in [0.3, 0.4) is 0 Å². The number of nitrogens with zero attached hydrogens (tertiary/aromatic N) is 3. The molecule has 0 heterocycles. The lowest BCUT2D eigenvalue weighted by Gasteiger charge is -2.19. The van der Waals surface area contributed by atoms with Crippen molar-refractivity contribution in [3.63, 3.8) is 0 Å². The SMILES string of the molecule is [N-]=[N+]=N[C@@H](c1ccccc1)[C@@H](O)c1ccccc1. The average molecular weight is 239 g/mol. The number of aliphatic hydroxyl groups is 1. The van der Waals surface area contributed by atoms with Crippen LogP contribution in [0.2, 0.25) is 0 Å². The molecule has 4 heteroatoms. The molecule has 18 heavy (non-hydrogen) atoms. The third kappa shape index (κ3) is 2.69. The fraction of sp³-hybridized carbons (Fsp3) is 0.143. The van der Waals surface area contributed by atoms with Crippen molar-refractivity contribution < 1.29 is 5.11 Å². The molecule has 0 radical (unpaired) electrons. The number of azide groups is 1. The molecule has 4 nitrogen and oxygen atoms in total. The number of benzene rings is 2. The van der Waals surface area contributed by atoms with Crippen molar-refractivity contribution in [3.8, 4) is 0 Å². The first kappa shape index (κ1) is 12.2. The topological polar surface area (TPSA) is 69.0 Å². The summed E-state index contributed by atoms with van der Waals surface area (Å²) in [5.41, 5.74) is 10.2. The van der Waals surface area contributed by atoms with Gasteiger partial charge in [0.2, 0.25) is 0 Å². The molecule has 0 fully saturated rings. The molecule has 2 rings (SSSR count). The quantitative estimate of drug-likeness (QED) is 0.492. The summed E-state index contributed by atoms with van der Waals surface area (Å²) in [6.45, 7) is 0. The Bertz CT molecular complexity index is 535. The Morgan fingerprint density at radius 3 is 1.89 bits per heavy atom. The highest BCUT2D eigenvalue weighted by Gasteiger charge is 2.21. The Balaban J connectivity index is 2.35. The first-order valence-corrected chi connectivity index (χ1v) is 5.65. The van der Waals surface area contributed by atoms with Crippen LogP contribution in [-0.4, -0.2) is 5.11 Å². The van der Waals surface area contributed by atoms with Crippen LogP contribution in [0, 0.1) is 0 Å². The zero-order valence-electron chi connectivity index (χ0n) is 9.72. The van der Waals surface area contributed by atoms with E-state index >= 15 is 0 Å². The molecule has 0 spiro atoms. The molecule has 2 atom stereocenters. The Hall–Kier alpha value is -2.29. The maximum absolute atomic E-state index is 10.3. The molecule has 90 valence electrons. The number of aliphatic hydroxyl groups excluding tert-OH is 1. The van der Waals surface area contributed by atoms with Crippen molar-refractivity contribution in [3.05, 3.63) is 82.2 Å². The van der Waals surface area contributed by atoms with Crippen LogP contribution in [-0.2, 0) is 0 Å². The van der Waals surface area contributed by atoms with E-state index in [-0.39, 0.29) is 0 Å². The van der Waals surface area contributed by atoms with Gasteiger partial charge in [-0.2, -0.15) is 0 Å². The molecule has 0 bridgehead atoms. The Morgan fingerprint density at radius 2 is 1.39 bits per heavy atom. The smallest absolute Gasteiger partial charge is 0.0926 e. The van der Waals surface area contributed by atoms with Crippen LogP contribution in [0.5, 0.6) is 0 Å². The van der Waals surface area contributed by atoms with Gasteiger partial charge in [-0.25, -0.2) is 0 Å². The summed E-state index contributed by atoms with van der Waals surface area (Å²) < 4.78 is 0. The van der Waals surface area contributed by atoms with E-state index in [1.807, 2.05) is 60.7 Å². The number of hydrogen-bond donors (Lipinski definition) is 1. The summed E-state index contributed by atoms with van der Waals surface area (Å²) in [6, 6.07) is 17.8. The van der Waals surface area contributed by atoms with Crippen LogP contribution in [0.4, 0.5) is 0 Å². The van der Waals surface area contributed by atoms with Crippen molar-refractivity contribution >= 4 is 0 Å². The maximum Gasteiger partial charge on any atom is 0.0926 e. The van der Waals surface area contributed by atoms with Crippen LogP contribution < -0.4 is 0 Å². The molecule has 1 N–H and O–H groups in total. The monoisotopic (exact) mass is 239 g/mol. The molecular weight excluding hydrogens is 226 g/mol. The lowest BCUT2D eigenvalue weighted by atomic mass is 9.97. The molecule has 0 amide bonds. The van der Waals surface area contributed by atoms with Gasteiger partial charge in [0.15, 0.2) is 0 Å². The lowest BCUT2D eigenvalue weighted by Crippen LogP contribution is -2.08. The molecule has 0 saturated carbocycles. The zero-order valence-corrected chi connectivity index (χ0v) is 9.72. The van der Waals surface area contributed by atoms with E-state index in [2.05, 4.69) is 10.0 Å². The molecular formula is C14H13N3O. The summed E-state index contributed by atoms with van der Waals surface area (Å²) in [5, 5.41) is 14.0. The van der Waals surface area contributed by atoms with Gasteiger partial charge in [0, 0.05) is 4.91 Å². The van der Waals surface area contributed by atoms with Gasteiger partial charge in [-0.3, -0.25) is 0 Å². The van der Waals surface area contributed by atoms with Crippen molar-refractivity contribution in [2.45, 2.75) is 12.1 Å². The van der Waals surface area contributed by atoms with E-state index < -0.39 is 12.1 Å². The average Bonchev–Trinajstić information content (AvgIpc) is 2.46. The van der Waals surface area contributed by atoms with E-state index in [9.17, 15) is 5.11 Å². The van der Waals surface area contributed by atoms with Crippen molar-refractivity contribution in [2.75, 3.05) is 0 Å². The predicted octanol–water partition coefficient (Wildman–Crippen LogP) is 3.77. The first-order chi connectivity index (χ1) is 8.83. The van der Waals surface area contributed by atoms with Crippen LogP contribution in [0.25, 0.3) is 10.4 Å². The van der Waals surface area contributed by atoms with Crippen LogP contribution in [0.15, 0.2) is 65.8 Å². The number of rotatable bonds is 4. The molecule has 0 aliphatic carbocycles. The minimum absolute atomic E-state index is 0.612. The molecule has 2 aromatic carbocycles. The molecule has 0 aromatic heterocycles. The number of hydrogen-bond acceptors (Lipinski definition) is 2. The summed E-state index contributed by atoms with van der Waals surface area (Å²) in [4.78, 5) is 2.82. The van der Waals surface area contributed by atoms with E-state index in [4.69, 9.17) is 5.53 Å². The molecule has 0 aliphatic rings. The summed E-state index contributed by atoms with van der Waals surface area (Å²) in [7, 11) is 0. The third-order valence-corrected chi connectivity index (χ3v) is 2.76. The van der Waals surface area contributed by atoms with Gasteiger partial charge in [-0.15, -0.1) is 0 Å². The second-order valence-electron chi connectivity index (χ2n) is 3.92. The third-order valence-electron chi connectivity index (χ3n) is 2.76. The van der Waals surface area contributed by atoms with Crippen molar-refractivity contribution in [1.29, 1.82) is 0 Å². The van der Waals surface area contributed by atoms with E-state index in [1.54, 1.807) is 0 Å². The van der Waals surface area contributed by atoms with Gasteiger partial charge in [0.05, 0.1) is 12.1 Å². The Morgan fingerprint density at radius 1 is 0.889 bits per heavy atom. The van der Waals surface area contributed by atoms with Crippen LogP contribution in [0.1, 0.15) is 23.3 Å². The highest BCUT2D eigenvalue weighted by atomic mass is 16.3. The van der Waals surface area contributed by atoms with Crippen LogP contribution >= 0.6 is 0 Å². The van der Waals surface area contributed by atoms with E-state index in [0.717, 1.165) is 11.1 Å². The molecule has 2 aromatic rings. The summed E-state index contributed by atoms with van der Waals surface area (Å²) in [6.07, 6.45) is -0.843. The lowest BCUT2D eigenvalue weighted by molar-refractivity contribution is 0.147. The molecule has 0 saturated heterocycles. The van der Waals surface area contributed by atoms with Gasteiger partial charge >= 0.3 is 0 Å². The first-order valence-electron chi connectivity index (χ1n) is 5.65. The fourth-order valence-electron chi connectivity index (χ4n) is 1.85. The van der Waals surface area contributed by atoms with Crippen molar-refractivity contribution in [1.82, 2.24) is 0 Å². The second kappa shape index (κ2) is 5.87. The minimum atomic E-state index is -0.843. The molecule has 0 aliphatic heterocycles. The Kier molecular flexibility index (Phi) is 3.97. The van der Waals surface area contributed by atoms with Gasteiger partial charge in [0.25, 0.3) is 0 Å². The summed E-state index contributed by atoms with van der Waals surface area (Å²) in [5.74, 6) is 0. The fourth-order valence-corrected chi connectivity index (χ4v) is 1.85. The summed E-state index contributed by atoms with van der Waals surface area (Å²) >= 11 is 0. The van der Waals surface area contributed by atoms with E-state index in [1.165, 1.54) is 0 Å². The largest absolute Gasteiger partial charge is 0.388 e. The highest BCUT2D eigenvalue weighted by molar-refractivity contribution is 5.26. The van der Waals surface area contributed by atoms with Gasteiger partial charge < -0.3 is 5.11 Å². The maximum atomic E-state index is 10.3. The normalized spacial score (nSPS) is 13.4. The van der Waals surface area contributed by atoms with Gasteiger partial charge in [-0.1, -0.05) is 65.8 Å². The predicted molar refractivity (Wildman–Crippen MR) is 69.7 cm³/mol. The second-order valence-corrected chi connectivity index (χ2v) is 3.92. The standard InChI is InChI=1S/C14H13N3O/c15-17-16-13(11-7-3-1-4-8-11)14(18)12-9-5-2-6-10-12/h1-10,13-14,18H/t13-,14-/m0/s1. The van der Waals surface area contributed by atoms with Gasteiger partial charge in [0.1, 0.15) is 0 Å². The van der Waals surface area contributed by atoms with Gasteiger partial charge in [-0.05, 0) is 16.7 Å². The highest BCUT2D eigenvalue weighted by Crippen LogP contribution is 2.31. The minimum Gasteiger partial charge on any atom is -0.388 e. The Labute approximate surface area is 105 Å². The molecule has 0 unspecified atom stereocenters. The zero-order chi connectivity index (χ0) is 12.8. The van der Waals surface area contributed by atoms with Crippen molar-refractivity contribution in [2.24, 2.45) is 5.11 Å². The van der Waals surface area contributed by atoms with E-state index in [0.29, 0.717) is 0 Å².